The molecule has 1 aliphatic carbocycles. The van der Waals surface area contributed by atoms with Gasteiger partial charge in [-0.25, -0.2) is 4.79 Å². The van der Waals surface area contributed by atoms with Crippen molar-refractivity contribution in [3.63, 3.8) is 0 Å². The third-order valence-corrected chi connectivity index (χ3v) is 7.02. The first kappa shape index (κ1) is 25.5. The van der Waals surface area contributed by atoms with Gasteiger partial charge in [0.15, 0.2) is 0 Å². The minimum absolute atomic E-state index is 0.223. The lowest BCUT2D eigenvalue weighted by Crippen LogP contribution is -2.49. The highest BCUT2D eigenvalue weighted by Crippen LogP contribution is 2.39. The van der Waals surface area contributed by atoms with E-state index in [9.17, 15) is 14.4 Å². The summed E-state index contributed by atoms with van der Waals surface area (Å²) in [5.41, 5.74) is 0.364. The van der Waals surface area contributed by atoms with Gasteiger partial charge in [0.05, 0.1) is 6.61 Å². The standard InChI is InChI=1S/C28H35N3O5/c1-30-27(34)31(26(33)28(30)16-6-3-7-17-28)20-25(32)29-18-8-9-19-35-23-12-14-24(15-13-23)36-21-22-10-4-2-5-11-22/h2,4-5,10-15H,3,6-9,16-21H2,1H3,(H,29,32). The van der Waals surface area contributed by atoms with Crippen LogP contribution in [0.25, 0.3) is 0 Å². The predicted octanol–water partition coefficient (Wildman–Crippen LogP) is 4.14. The van der Waals surface area contributed by atoms with Crippen LogP contribution in [0.3, 0.4) is 0 Å². The van der Waals surface area contributed by atoms with Gasteiger partial charge in [0.1, 0.15) is 30.2 Å². The van der Waals surface area contributed by atoms with Crippen LogP contribution >= 0.6 is 0 Å². The van der Waals surface area contributed by atoms with Crippen LogP contribution in [0, 0.1) is 0 Å². The first-order valence-electron chi connectivity index (χ1n) is 12.8. The molecule has 1 saturated carbocycles. The fraction of sp³-hybridized carbons (Fsp3) is 0.464. The number of amides is 4. The second-order valence-corrected chi connectivity index (χ2v) is 9.48. The first-order valence-corrected chi connectivity index (χ1v) is 12.8. The number of carbonyl (C=O) groups excluding carboxylic acids is 3. The average Bonchev–Trinajstić information content (AvgIpc) is 3.07. The summed E-state index contributed by atoms with van der Waals surface area (Å²) in [6, 6.07) is 17.1. The molecule has 1 aliphatic heterocycles. The van der Waals surface area contributed by atoms with E-state index in [1.54, 1.807) is 11.9 Å². The largest absolute Gasteiger partial charge is 0.494 e. The Balaban J connectivity index is 1.11. The monoisotopic (exact) mass is 493 g/mol. The molecule has 2 aliphatic rings. The number of urea groups is 1. The maximum Gasteiger partial charge on any atom is 0.327 e. The molecule has 1 saturated heterocycles. The predicted molar refractivity (Wildman–Crippen MR) is 136 cm³/mol. The molecule has 0 unspecified atom stereocenters. The van der Waals surface area contributed by atoms with Gasteiger partial charge in [-0.2, -0.15) is 0 Å². The van der Waals surface area contributed by atoms with E-state index in [0.717, 1.165) is 54.1 Å². The van der Waals surface area contributed by atoms with Crippen molar-refractivity contribution in [2.75, 3.05) is 26.7 Å². The molecule has 2 aromatic carbocycles. The smallest absolute Gasteiger partial charge is 0.327 e. The van der Waals surface area contributed by atoms with Crippen LogP contribution in [-0.2, 0) is 16.2 Å². The molecule has 2 fully saturated rings. The van der Waals surface area contributed by atoms with Crippen LogP contribution in [0.15, 0.2) is 54.6 Å². The molecule has 1 heterocycles. The van der Waals surface area contributed by atoms with Crippen LogP contribution in [0.2, 0.25) is 0 Å². The maximum atomic E-state index is 13.0. The summed E-state index contributed by atoms with van der Waals surface area (Å²) in [6.07, 6.45) is 5.78. The zero-order chi connectivity index (χ0) is 25.4. The fourth-order valence-corrected chi connectivity index (χ4v) is 4.89. The molecule has 192 valence electrons. The van der Waals surface area contributed by atoms with Crippen molar-refractivity contribution >= 4 is 17.8 Å². The Labute approximate surface area is 212 Å². The number of hydrogen-bond acceptors (Lipinski definition) is 5. The van der Waals surface area contributed by atoms with Gasteiger partial charge in [-0.15, -0.1) is 0 Å². The minimum atomic E-state index is -0.751. The van der Waals surface area contributed by atoms with Crippen molar-refractivity contribution < 1.29 is 23.9 Å². The van der Waals surface area contributed by atoms with Crippen LogP contribution in [0.4, 0.5) is 4.79 Å². The summed E-state index contributed by atoms with van der Waals surface area (Å²) in [7, 11) is 1.68. The van der Waals surface area contributed by atoms with Crippen LogP contribution < -0.4 is 14.8 Å². The summed E-state index contributed by atoms with van der Waals surface area (Å²) < 4.78 is 11.6. The van der Waals surface area contributed by atoms with Crippen molar-refractivity contribution in [3.05, 3.63) is 60.2 Å². The number of rotatable bonds is 11. The van der Waals surface area contributed by atoms with Gasteiger partial charge >= 0.3 is 6.03 Å². The third kappa shape index (κ3) is 5.98. The third-order valence-electron chi connectivity index (χ3n) is 7.02. The number of ether oxygens (including phenoxy) is 2. The van der Waals surface area contributed by atoms with E-state index in [1.165, 1.54) is 0 Å². The van der Waals surface area contributed by atoms with E-state index in [-0.39, 0.29) is 24.4 Å². The van der Waals surface area contributed by atoms with E-state index in [4.69, 9.17) is 9.47 Å². The molecule has 36 heavy (non-hydrogen) atoms. The van der Waals surface area contributed by atoms with Gasteiger partial charge in [0, 0.05) is 13.6 Å². The second-order valence-electron chi connectivity index (χ2n) is 9.48. The molecule has 4 amide bonds. The lowest BCUT2D eigenvalue weighted by molar-refractivity contribution is -0.137. The highest BCUT2D eigenvalue weighted by molar-refractivity contribution is 6.08. The molecule has 0 atom stereocenters. The van der Waals surface area contributed by atoms with Gasteiger partial charge in [-0.05, 0) is 55.5 Å². The molecule has 0 radical (unpaired) electrons. The Bertz CT molecular complexity index is 1030. The normalized spacial score (nSPS) is 16.9. The Morgan fingerprint density at radius 3 is 2.28 bits per heavy atom. The van der Waals surface area contributed by atoms with Crippen molar-refractivity contribution in [3.8, 4) is 11.5 Å². The number of benzene rings is 2. The van der Waals surface area contributed by atoms with Gasteiger partial charge in [-0.1, -0.05) is 49.6 Å². The van der Waals surface area contributed by atoms with E-state index in [2.05, 4.69) is 5.32 Å². The minimum Gasteiger partial charge on any atom is -0.494 e. The van der Waals surface area contributed by atoms with E-state index < -0.39 is 5.54 Å². The molecule has 8 nitrogen and oxygen atoms in total. The van der Waals surface area contributed by atoms with Crippen LogP contribution in [0.5, 0.6) is 11.5 Å². The number of nitrogens with zero attached hydrogens (tertiary/aromatic N) is 2. The van der Waals surface area contributed by atoms with E-state index in [0.29, 0.717) is 32.6 Å². The Hall–Kier alpha value is -3.55. The average molecular weight is 494 g/mol. The lowest BCUT2D eigenvalue weighted by Gasteiger charge is -2.35. The number of likely N-dealkylation sites (N-methyl/N-ethyl adjacent to an activating group) is 1. The van der Waals surface area contributed by atoms with Crippen molar-refractivity contribution in [2.24, 2.45) is 0 Å². The zero-order valence-electron chi connectivity index (χ0n) is 20.9. The van der Waals surface area contributed by atoms with Gasteiger partial charge in [0.25, 0.3) is 5.91 Å². The van der Waals surface area contributed by atoms with Crippen LogP contribution in [0.1, 0.15) is 50.5 Å². The topological polar surface area (TPSA) is 88.2 Å². The number of carbonyl (C=O) groups is 3. The SMILES string of the molecule is CN1C(=O)N(CC(=O)NCCCCOc2ccc(OCc3ccccc3)cc2)C(=O)C12CCCCC2. The maximum absolute atomic E-state index is 13.0. The summed E-state index contributed by atoms with van der Waals surface area (Å²) in [5.74, 6) is 1.00. The Kier molecular flexibility index (Phi) is 8.46. The highest BCUT2D eigenvalue weighted by atomic mass is 16.5. The summed E-state index contributed by atoms with van der Waals surface area (Å²) in [4.78, 5) is 40.6. The molecule has 8 heteroatoms. The highest BCUT2D eigenvalue weighted by Gasteiger charge is 2.55. The molecule has 0 bridgehead atoms. The summed E-state index contributed by atoms with van der Waals surface area (Å²) in [5, 5.41) is 2.81. The van der Waals surface area contributed by atoms with Gasteiger partial charge < -0.3 is 19.7 Å². The molecular formula is C28H35N3O5. The van der Waals surface area contributed by atoms with Gasteiger partial charge in [0.2, 0.25) is 5.91 Å². The molecule has 1 N–H and O–H groups in total. The van der Waals surface area contributed by atoms with Crippen molar-refractivity contribution in [1.29, 1.82) is 0 Å². The van der Waals surface area contributed by atoms with Crippen LogP contribution in [-0.4, -0.2) is 59.9 Å². The number of imide groups is 1. The Morgan fingerprint density at radius 1 is 0.917 bits per heavy atom. The fourth-order valence-electron chi connectivity index (χ4n) is 4.89. The first-order chi connectivity index (χ1) is 17.5. The summed E-state index contributed by atoms with van der Waals surface area (Å²) in [6.45, 7) is 1.28. The molecule has 4 rings (SSSR count). The zero-order valence-corrected chi connectivity index (χ0v) is 20.9. The molecule has 2 aromatic rings. The molecule has 0 aromatic heterocycles. The van der Waals surface area contributed by atoms with Gasteiger partial charge in [-0.3, -0.25) is 14.5 Å². The second kappa shape index (κ2) is 11.9. The van der Waals surface area contributed by atoms with Crippen molar-refractivity contribution in [2.45, 2.75) is 57.1 Å². The van der Waals surface area contributed by atoms with E-state index >= 15 is 0 Å². The lowest BCUT2D eigenvalue weighted by atomic mass is 9.81. The number of unbranched alkanes of at least 4 members (excludes halogenated alkanes) is 1. The molecular weight excluding hydrogens is 458 g/mol. The quantitative estimate of drug-likeness (QED) is 0.376. The summed E-state index contributed by atoms with van der Waals surface area (Å²) >= 11 is 0. The Morgan fingerprint density at radius 2 is 1.58 bits per heavy atom. The number of nitrogens with one attached hydrogen (secondary N) is 1. The van der Waals surface area contributed by atoms with Crippen molar-refractivity contribution in [1.82, 2.24) is 15.1 Å². The van der Waals surface area contributed by atoms with E-state index in [1.807, 2.05) is 54.6 Å². The number of hydrogen-bond donors (Lipinski definition) is 1. The molecule has 1 spiro atoms.